The molecule has 3 aromatic heterocycles. The van der Waals surface area contributed by atoms with Crippen LogP contribution in [0.1, 0.15) is 16.1 Å². The maximum Gasteiger partial charge on any atom is 0.413 e. The lowest BCUT2D eigenvalue weighted by atomic mass is 10.2. The van der Waals surface area contributed by atoms with Crippen LogP contribution >= 0.6 is 22.6 Å². The number of amides is 1. The van der Waals surface area contributed by atoms with Gasteiger partial charge in [0.15, 0.2) is 11.2 Å². The van der Waals surface area contributed by atoms with Gasteiger partial charge >= 0.3 is 12.1 Å². The first-order valence-corrected chi connectivity index (χ1v) is 9.05. The van der Waals surface area contributed by atoms with Crippen molar-refractivity contribution >= 4 is 51.6 Å². The minimum absolute atomic E-state index is 0.0951. The van der Waals surface area contributed by atoms with Crippen LogP contribution in [0.5, 0.6) is 11.6 Å². The molecule has 0 aromatic carbocycles. The summed E-state index contributed by atoms with van der Waals surface area (Å²) in [6.45, 7) is 0.151. The average Bonchev–Trinajstić information content (AvgIpc) is 3.03. The number of rotatable bonds is 5. The van der Waals surface area contributed by atoms with Crippen LogP contribution < -0.4 is 10.1 Å². The summed E-state index contributed by atoms with van der Waals surface area (Å²) in [4.78, 5) is 35.1. The number of aromatic hydroxyl groups is 1. The Hall–Kier alpha value is -3.23. The molecular formula is C16H15IN6O6. The zero-order chi connectivity index (χ0) is 21.1. The number of carbonyl (C=O) groups excluding carboxylic acids is 2. The van der Waals surface area contributed by atoms with Crippen LogP contribution in [0.2, 0.25) is 0 Å². The molecule has 0 saturated carbocycles. The lowest BCUT2D eigenvalue weighted by Crippen LogP contribution is -2.13. The first kappa shape index (κ1) is 20.5. The minimum atomic E-state index is -0.771. The second kappa shape index (κ2) is 8.42. The normalized spacial score (nSPS) is 10.6. The Kier molecular flexibility index (Phi) is 5.95. The van der Waals surface area contributed by atoms with Crippen molar-refractivity contribution in [3.8, 4) is 11.6 Å². The highest BCUT2D eigenvalue weighted by Gasteiger charge is 2.20. The molecule has 3 aromatic rings. The maximum atomic E-state index is 11.7. The van der Waals surface area contributed by atoms with Crippen molar-refractivity contribution in [2.24, 2.45) is 0 Å². The van der Waals surface area contributed by atoms with E-state index in [2.05, 4.69) is 34.8 Å². The van der Waals surface area contributed by atoms with Crippen LogP contribution in [0.4, 0.5) is 10.7 Å². The van der Waals surface area contributed by atoms with Gasteiger partial charge in [-0.25, -0.2) is 19.6 Å². The highest BCUT2D eigenvalue weighted by atomic mass is 127. The first-order valence-electron chi connectivity index (χ1n) is 7.97. The molecule has 3 rings (SSSR count). The maximum absolute atomic E-state index is 11.7. The molecule has 13 heteroatoms. The highest BCUT2D eigenvalue weighted by molar-refractivity contribution is 14.1. The Balaban J connectivity index is 2.01. The fraction of sp³-hybridized carbons (Fsp3) is 0.250. The standard InChI is InChI=1S/C16H15IN6O6/c1-27-9-4-8(14(25)28-2)18-5-7(9)6-23-11-10(12(17)22-23)19-15(20-13(11)24)21-16(26)29-3/h4-5H,6H2,1-3H3,(H2,19,20,21,24,26). The highest BCUT2D eigenvalue weighted by Crippen LogP contribution is 2.29. The molecule has 0 saturated heterocycles. The van der Waals surface area contributed by atoms with Crippen LogP contribution in [0.15, 0.2) is 12.3 Å². The molecule has 12 nitrogen and oxygen atoms in total. The van der Waals surface area contributed by atoms with Gasteiger partial charge in [-0.15, -0.1) is 0 Å². The van der Waals surface area contributed by atoms with E-state index in [-0.39, 0.29) is 29.6 Å². The van der Waals surface area contributed by atoms with E-state index in [9.17, 15) is 14.7 Å². The molecule has 0 atom stereocenters. The molecule has 0 radical (unpaired) electrons. The van der Waals surface area contributed by atoms with E-state index in [0.717, 1.165) is 0 Å². The van der Waals surface area contributed by atoms with Gasteiger partial charge in [0.25, 0.3) is 0 Å². The van der Waals surface area contributed by atoms with Gasteiger partial charge in [0, 0.05) is 17.8 Å². The quantitative estimate of drug-likeness (QED) is 0.379. The van der Waals surface area contributed by atoms with Gasteiger partial charge in [-0.2, -0.15) is 10.1 Å². The number of nitrogens with zero attached hydrogens (tertiary/aromatic N) is 5. The predicted molar refractivity (Wildman–Crippen MR) is 107 cm³/mol. The third kappa shape index (κ3) is 4.13. The zero-order valence-corrected chi connectivity index (χ0v) is 17.6. The smallest absolute Gasteiger partial charge is 0.413 e. The van der Waals surface area contributed by atoms with Crippen LogP contribution in [-0.4, -0.2) is 63.2 Å². The third-order valence-corrected chi connectivity index (χ3v) is 4.53. The van der Waals surface area contributed by atoms with Gasteiger partial charge in [-0.3, -0.25) is 10.00 Å². The van der Waals surface area contributed by atoms with Gasteiger partial charge in [0.05, 0.1) is 27.9 Å². The summed E-state index contributed by atoms with van der Waals surface area (Å²) in [7, 11) is 3.91. The Morgan fingerprint density at radius 3 is 2.66 bits per heavy atom. The van der Waals surface area contributed by atoms with Gasteiger partial charge in [0.2, 0.25) is 11.8 Å². The molecule has 0 bridgehead atoms. The number of hydrogen-bond acceptors (Lipinski definition) is 10. The van der Waals surface area contributed by atoms with Crippen molar-refractivity contribution in [1.82, 2.24) is 24.7 Å². The molecule has 2 N–H and O–H groups in total. The molecule has 0 unspecified atom stereocenters. The van der Waals surface area contributed by atoms with E-state index in [1.807, 2.05) is 22.6 Å². The van der Waals surface area contributed by atoms with Crippen LogP contribution in [0.25, 0.3) is 11.0 Å². The van der Waals surface area contributed by atoms with E-state index in [1.54, 1.807) is 0 Å². The monoisotopic (exact) mass is 514 g/mol. The number of ether oxygens (including phenoxy) is 3. The van der Waals surface area contributed by atoms with Crippen molar-refractivity contribution in [3.05, 3.63) is 27.2 Å². The number of methoxy groups -OCH3 is 3. The third-order valence-electron chi connectivity index (χ3n) is 3.81. The summed E-state index contributed by atoms with van der Waals surface area (Å²) < 4.78 is 16.4. The number of esters is 1. The Morgan fingerprint density at radius 2 is 2.00 bits per heavy atom. The minimum Gasteiger partial charge on any atom is -0.496 e. The molecule has 1 amide bonds. The second-order valence-electron chi connectivity index (χ2n) is 5.51. The molecular weight excluding hydrogens is 499 g/mol. The summed E-state index contributed by atoms with van der Waals surface area (Å²) in [5.74, 6) is -0.704. The van der Waals surface area contributed by atoms with Crippen LogP contribution in [0, 0.1) is 3.70 Å². The fourth-order valence-corrected chi connectivity index (χ4v) is 3.13. The van der Waals surface area contributed by atoms with Gasteiger partial charge in [0.1, 0.15) is 15.0 Å². The summed E-state index contributed by atoms with van der Waals surface area (Å²) in [6, 6.07) is 1.45. The van der Waals surface area contributed by atoms with Crippen molar-refractivity contribution in [2.75, 3.05) is 26.6 Å². The molecule has 0 aliphatic rings. The van der Waals surface area contributed by atoms with Crippen molar-refractivity contribution < 1.29 is 28.9 Å². The Labute approximate surface area is 177 Å². The largest absolute Gasteiger partial charge is 0.496 e. The Bertz CT molecular complexity index is 1100. The van der Waals surface area contributed by atoms with Crippen molar-refractivity contribution in [1.29, 1.82) is 0 Å². The van der Waals surface area contributed by atoms with Crippen LogP contribution in [0.3, 0.4) is 0 Å². The topological polar surface area (TPSA) is 151 Å². The van der Waals surface area contributed by atoms with E-state index < -0.39 is 12.1 Å². The van der Waals surface area contributed by atoms with E-state index >= 15 is 0 Å². The number of pyridine rings is 1. The van der Waals surface area contributed by atoms with E-state index in [1.165, 1.54) is 38.3 Å². The molecule has 0 aliphatic heterocycles. The second-order valence-corrected chi connectivity index (χ2v) is 6.53. The number of anilines is 1. The summed E-state index contributed by atoms with van der Waals surface area (Å²) in [6.07, 6.45) is 0.684. The van der Waals surface area contributed by atoms with Crippen molar-refractivity contribution in [3.63, 3.8) is 0 Å². The number of fused-ring (bicyclic) bond motifs is 1. The molecule has 0 aliphatic carbocycles. The summed E-state index contributed by atoms with van der Waals surface area (Å²) in [5.41, 5.74) is 1.28. The first-order chi connectivity index (χ1) is 13.9. The lowest BCUT2D eigenvalue weighted by Gasteiger charge is -2.10. The number of nitrogens with one attached hydrogen (secondary N) is 1. The number of halogens is 1. The van der Waals surface area contributed by atoms with Crippen LogP contribution in [-0.2, 0) is 16.0 Å². The molecule has 0 spiro atoms. The molecule has 0 fully saturated rings. The van der Waals surface area contributed by atoms with E-state index in [0.29, 0.717) is 20.5 Å². The molecule has 29 heavy (non-hydrogen) atoms. The Morgan fingerprint density at radius 1 is 1.24 bits per heavy atom. The fourth-order valence-electron chi connectivity index (χ4n) is 2.49. The molecule has 3 heterocycles. The average molecular weight is 514 g/mol. The number of carbonyl (C=O) groups is 2. The molecule has 152 valence electrons. The zero-order valence-electron chi connectivity index (χ0n) is 15.5. The number of aromatic nitrogens is 5. The lowest BCUT2D eigenvalue weighted by molar-refractivity contribution is 0.0593. The number of hydrogen-bond donors (Lipinski definition) is 2. The summed E-state index contributed by atoms with van der Waals surface area (Å²) in [5, 5.41) is 17.0. The summed E-state index contributed by atoms with van der Waals surface area (Å²) >= 11 is 1.95. The SMILES string of the molecule is COC(=O)Nc1nc(O)c2c(n1)c(I)nn2Cc1cnc(C(=O)OC)cc1OC. The van der Waals surface area contributed by atoms with Crippen molar-refractivity contribution in [2.45, 2.75) is 6.54 Å². The van der Waals surface area contributed by atoms with Gasteiger partial charge in [-0.05, 0) is 22.6 Å². The van der Waals surface area contributed by atoms with E-state index in [4.69, 9.17) is 4.74 Å². The van der Waals surface area contributed by atoms with Gasteiger partial charge < -0.3 is 19.3 Å². The van der Waals surface area contributed by atoms with Gasteiger partial charge in [-0.1, -0.05) is 0 Å². The predicted octanol–water partition coefficient (Wildman–Crippen LogP) is 1.55.